The first kappa shape index (κ1) is 12.9. The zero-order chi connectivity index (χ0) is 13.0. The van der Waals surface area contributed by atoms with Crippen molar-refractivity contribution in [3.05, 3.63) is 24.0 Å². The summed E-state index contributed by atoms with van der Waals surface area (Å²) in [7, 11) is 0. The Labute approximate surface area is 107 Å². The lowest BCUT2D eigenvalue weighted by Gasteiger charge is -2.25. The van der Waals surface area contributed by atoms with Crippen molar-refractivity contribution in [2.45, 2.75) is 44.6 Å². The number of aliphatic carboxylic acids is 1. The van der Waals surface area contributed by atoms with Crippen LogP contribution in [0.1, 0.15) is 55.1 Å². The molecule has 4 heteroatoms. The van der Waals surface area contributed by atoms with Crippen LogP contribution in [-0.2, 0) is 4.79 Å². The maximum atomic E-state index is 11.4. The van der Waals surface area contributed by atoms with E-state index in [1.54, 1.807) is 22.9 Å². The number of hydrogen-bond donors (Lipinski definition) is 1. The summed E-state index contributed by atoms with van der Waals surface area (Å²) < 4.78 is 1.59. The molecule has 1 fully saturated rings. The van der Waals surface area contributed by atoms with Gasteiger partial charge in [0.15, 0.2) is 6.29 Å². The summed E-state index contributed by atoms with van der Waals surface area (Å²) in [5.74, 6) is -0.373. The third-order valence-corrected chi connectivity index (χ3v) is 3.83. The molecule has 0 aliphatic heterocycles. The molecular weight excluding hydrogens is 230 g/mol. The minimum Gasteiger partial charge on any atom is -0.480 e. The summed E-state index contributed by atoms with van der Waals surface area (Å²) in [5.41, 5.74) is 0.443. The molecule has 4 nitrogen and oxygen atoms in total. The summed E-state index contributed by atoms with van der Waals surface area (Å²) in [6.45, 7) is 0. The second-order valence-electron chi connectivity index (χ2n) is 5.05. The predicted molar refractivity (Wildman–Crippen MR) is 67.7 cm³/mol. The first-order valence-corrected chi connectivity index (χ1v) is 6.57. The Morgan fingerprint density at radius 2 is 2.17 bits per heavy atom. The predicted octanol–water partition coefficient (Wildman–Crippen LogP) is 2.90. The van der Waals surface area contributed by atoms with Crippen LogP contribution in [0.25, 0.3) is 0 Å². The molecule has 0 saturated heterocycles. The van der Waals surface area contributed by atoms with Crippen LogP contribution in [0.5, 0.6) is 0 Å². The summed E-state index contributed by atoms with van der Waals surface area (Å²) >= 11 is 0. The van der Waals surface area contributed by atoms with Gasteiger partial charge in [-0.15, -0.1) is 0 Å². The topological polar surface area (TPSA) is 59.3 Å². The van der Waals surface area contributed by atoms with Gasteiger partial charge in [-0.25, -0.2) is 4.79 Å². The van der Waals surface area contributed by atoms with Gasteiger partial charge in [-0.3, -0.25) is 4.79 Å². The molecular formula is C14H19NO3. The van der Waals surface area contributed by atoms with E-state index in [2.05, 4.69) is 0 Å². The molecule has 1 saturated carbocycles. The number of aromatic nitrogens is 1. The van der Waals surface area contributed by atoms with E-state index in [0.29, 0.717) is 18.0 Å². The molecule has 0 spiro atoms. The molecule has 1 aliphatic rings. The van der Waals surface area contributed by atoms with Crippen molar-refractivity contribution < 1.29 is 14.7 Å². The Balaban J connectivity index is 2.12. The van der Waals surface area contributed by atoms with Crippen LogP contribution in [-0.4, -0.2) is 21.9 Å². The lowest BCUT2D eigenvalue weighted by molar-refractivity contribution is -0.141. The molecule has 2 rings (SSSR count). The zero-order valence-electron chi connectivity index (χ0n) is 10.4. The molecule has 1 aliphatic carbocycles. The molecule has 0 radical (unpaired) electrons. The summed E-state index contributed by atoms with van der Waals surface area (Å²) in [4.78, 5) is 22.3. The average molecular weight is 249 g/mol. The van der Waals surface area contributed by atoms with Gasteiger partial charge in [-0.05, 0) is 24.5 Å². The van der Waals surface area contributed by atoms with E-state index in [9.17, 15) is 14.7 Å². The first-order chi connectivity index (χ1) is 8.72. The number of aldehydes is 1. The maximum absolute atomic E-state index is 11.4. The summed E-state index contributed by atoms with van der Waals surface area (Å²) in [5, 5.41) is 9.36. The van der Waals surface area contributed by atoms with Crippen LogP contribution < -0.4 is 0 Å². The number of carboxylic acids is 1. The number of carbonyl (C=O) groups is 2. The van der Waals surface area contributed by atoms with Crippen molar-refractivity contribution >= 4 is 12.3 Å². The third kappa shape index (κ3) is 2.81. The third-order valence-electron chi connectivity index (χ3n) is 3.83. The Morgan fingerprint density at radius 1 is 1.44 bits per heavy atom. The van der Waals surface area contributed by atoms with Gasteiger partial charge in [-0.1, -0.05) is 32.1 Å². The Bertz CT molecular complexity index is 418. The van der Waals surface area contributed by atoms with Crippen molar-refractivity contribution in [3.8, 4) is 0 Å². The van der Waals surface area contributed by atoms with Crippen molar-refractivity contribution in [1.29, 1.82) is 0 Å². The molecule has 0 aromatic carbocycles. The van der Waals surface area contributed by atoms with Gasteiger partial charge in [0.2, 0.25) is 0 Å². The molecule has 0 unspecified atom stereocenters. The number of nitrogens with zero attached hydrogens (tertiary/aromatic N) is 1. The molecule has 18 heavy (non-hydrogen) atoms. The van der Waals surface area contributed by atoms with E-state index in [-0.39, 0.29) is 0 Å². The minimum absolute atomic E-state index is 0.443. The highest BCUT2D eigenvalue weighted by molar-refractivity contribution is 5.76. The Kier molecular flexibility index (Phi) is 4.18. The van der Waals surface area contributed by atoms with Crippen molar-refractivity contribution in [2.24, 2.45) is 5.92 Å². The largest absolute Gasteiger partial charge is 0.480 e. The molecule has 1 aromatic rings. The maximum Gasteiger partial charge on any atom is 0.326 e. The highest BCUT2D eigenvalue weighted by Gasteiger charge is 2.26. The van der Waals surface area contributed by atoms with Crippen LogP contribution in [0.3, 0.4) is 0 Å². The van der Waals surface area contributed by atoms with Crippen LogP contribution in [0.15, 0.2) is 18.3 Å². The zero-order valence-corrected chi connectivity index (χ0v) is 10.4. The van der Waals surface area contributed by atoms with Crippen LogP contribution in [0.2, 0.25) is 0 Å². The van der Waals surface area contributed by atoms with Gasteiger partial charge >= 0.3 is 5.97 Å². The molecule has 1 N–H and O–H groups in total. The molecule has 0 bridgehead atoms. The highest BCUT2D eigenvalue weighted by atomic mass is 16.4. The lowest BCUT2D eigenvalue weighted by Crippen LogP contribution is -2.24. The highest BCUT2D eigenvalue weighted by Crippen LogP contribution is 2.31. The fourth-order valence-electron chi connectivity index (χ4n) is 2.86. The van der Waals surface area contributed by atoms with Crippen molar-refractivity contribution in [2.75, 3.05) is 0 Å². The molecule has 0 amide bonds. The number of carboxylic acid groups (broad SMARTS) is 1. The van der Waals surface area contributed by atoms with E-state index in [1.165, 1.54) is 19.3 Å². The minimum atomic E-state index is -0.847. The number of carbonyl (C=O) groups excluding carboxylic acids is 1. The van der Waals surface area contributed by atoms with Gasteiger partial charge in [0.25, 0.3) is 0 Å². The first-order valence-electron chi connectivity index (χ1n) is 6.57. The molecule has 1 heterocycles. The molecule has 1 atom stereocenters. The van der Waals surface area contributed by atoms with Crippen LogP contribution in [0, 0.1) is 5.92 Å². The molecule has 98 valence electrons. The number of rotatable bonds is 5. The lowest BCUT2D eigenvalue weighted by atomic mass is 9.84. The summed E-state index contributed by atoms with van der Waals surface area (Å²) in [6.07, 6.45) is 8.92. The van der Waals surface area contributed by atoms with Crippen LogP contribution >= 0.6 is 0 Å². The second-order valence-corrected chi connectivity index (χ2v) is 5.05. The SMILES string of the molecule is O=Cc1cccn1[C@H](CC1CCCCC1)C(=O)O. The van der Waals surface area contributed by atoms with E-state index in [0.717, 1.165) is 19.1 Å². The number of hydrogen-bond acceptors (Lipinski definition) is 2. The van der Waals surface area contributed by atoms with Gasteiger partial charge < -0.3 is 9.67 Å². The monoisotopic (exact) mass is 249 g/mol. The normalized spacial score (nSPS) is 18.4. The average Bonchev–Trinajstić information content (AvgIpc) is 2.84. The smallest absolute Gasteiger partial charge is 0.326 e. The van der Waals surface area contributed by atoms with Crippen molar-refractivity contribution in [1.82, 2.24) is 4.57 Å². The fourth-order valence-corrected chi connectivity index (χ4v) is 2.86. The van der Waals surface area contributed by atoms with Gasteiger partial charge in [0, 0.05) is 6.20 Å². The van der Waals surface area contributed by atoms with E-state index < -0.39 is 12.0 Å². The van der Waals surface area contributed by atoms with Gasteiger partial charge in [-0.2, -0.15) is 0 Å². The Morgan fingerprint density at radius 3 is 2.78 bits per heavy atom. The molecule has 1 aromatic heterocycles. The van der Waals surface area contributed by atoms with Gasteiger partial charge in [0.1, 0.15) is 6.04 Å². The van der Waals surface area contributed by atoms with Crippen LogP contribution in [0.4, 0.5) is 0 Å². The second kappa shape index (κ2) is 5.85. The van der Waals surface area contributed by atoms with Gasteiger partial charge in [0.05, 0.1) is 5.69 Å². The quantitative estimate of drug-likeness (QED) is 0.816. The fraction of sp³-hybridized carbons (Fsp3) is 0.571. The van der Waals surface area contributed by atoms with Crippen molar-refractivity contribution in [3.63, 3.8) is 0 Å². The van der Waals surface area contributed by atoms with E-state index in [4.69, 9.17) is 0 Å². The Hall–Kier alpha value is -1.58. The van der Waals surface area contributed by atoms with E-state index >= 15 is 0 Å². The summed E-state index contributed by atoms with van der Waals surface area (Å²) in [6, 6.07) is 2.77. The standard InChI is InChI=1S/C14H19NO3/c16-10-12-7-4-8-15(12)13(14(17)18)9-11-5-2-1-3-6-11/h4,7-8,10-11,13H,1-3,5-6,9H2,(H,17,18)/t13-/m1/s1. The van der Waals surface area contributed by atoms with E-state index in [1.807, 2.05) is 0 Å².